The molecule has 1 heterocycles. The Kier molecular flexibility index (Phi) is 6.38. The Morgan fingerprint density at radius 3 is 2.54 bits per heavy atom. The third kappa shape index (κ3) is 4.13. The lowest BCUT2D eigenvalue weighted by Crippen LogP contribution is -2.50. The van der Waals surface area contributed by atoms with Gasteiger partial charge in [-0.05, 0) is 23.8 Å². The molecule has 1 fully saturated rings. The maximum absolute atomic E-state index is 12.8. The number of para-hydroxylation sites is 1. The lowest BCUT2D eigenvalue weighted by molar-refractivity contribution is -0.151. The smallest absolute Gasteiger partial charge is 0.261 e. The van der Waals surface area contributed by atoms with Gasteiger partial charge in [-0.15, -0.1) is 0 Å². The molecule has 2 aromatic carbocycles. The van der Waals surface area contributed by atoms with Crippen molar-refractivity contribution in [3.8, 4) is 5.75 Å². The third-order valence-electron chi connectivity index (χ3n) is 4.26. The predicted octanol–water partition coefficient (Wildman–Crippen LogP) is 3.33. The quantitative estimate of drug-likeness (QED) is 0.843. The van der Waals surface area contributed by atoms with Crippen molar-refractivity contribution >= 4 is 29.1 Å². The van der Waals surface area contributed by atoms with E-state index in [2.05, 4.69) is 0 Å². The first-order valence-corrected chi connectivity index (χ1v) is 9.01. The van der Waals surface area contributed by atoms with Gasteiger partial charge >= 0.3 is 0 Å². The van der Waals surface area contributed by atoms with Gasteiger partial charge in [0.25, 0.3) is 5.91 Å². The molecule has 1 saturated heterocycles. The molecule has 1 aliphatic rings. The fourth-order valence-corrected chi connectivity index (χ4v) is 3.47. The number of aliphatic hydroxyl groups excluding tert-OH is 1. The van der Waals surface area contributed by atoms with Crippen LogP contribution in [-0.4, -0.2) is 48.4 Å². The minimum atomic E-state index is -0.548. The van der Waals surface area contributed by atoms with Crippen LogP contribution < -0.4 is 4.74 Å². The minimum Gasteiger partial charge on any atom is -0.482 e. The Morgan fingerprint density at radius 1 is 1.15 bits per heavy atom. The van der Waals surface area contributed by atoms with Crippen LogP contribution in [0.15, 0.2) is 48.5 Å². The summed E-state index contributed by atoms with van der Waals surface area (Å²) in [6.45, 7) is 0.342. The van der Waals surface area contributed by atoms with E-state index in [0.29, 0.717) is 28.9 Å². The maximum atomic E-state index is 12.8. The van der Waals surface area contributed by atoms with Crippen molar-refractivity contribution in [2.75, 3.05) is 26.4 Å². The van der Waals surface area contributed by atoms with Crippen molar-refractivity contribution in [3.05, 3.63) is 64.1 Å². The average molecular weight is 396 g/mol. The summed E-state index contributed by atoms with van der Waals surface area (Å²) in [5.74, 6) is 0.223. The van der Waals surface area contributed by atoms with Crippen LogP contribution in [0.5, 0.6) is 5.75 Å². The van der Waals surface area contributed by atoms with Gasteiger partial charge in [0.2, 0.25) is 0 Å². The molecule has 3 rings (SSSR count). The van der Waals surface area contributed by atoms with Crippen LogP contribution in [0, 0.1) is 0 Å². The number of morpholine rings is 1. The Morgan fingerprint density at radius 2 is 1.85 bits per heavy atom. The predicted molar refractivity (Wildman–Crippen MR) is 99.7 cm³/mol. The van der Waals surface area contributed by atoms with E-state index < -0.39 is 12.1 Å². The molecule has 0 bridgehead atoms. The summed E-state index contributed by atoms with van der Waals surface area (Å²) >= 11 is 12.4. The first kappa shape index (κ1) is 19.0. The number of hydrogen-bond donors (Lipinski definition) is 1. The molecular weight excluding hydrogens is 377 g/mol. The fourth-order valence-electron chi connectivity index (χ4n) is 3.03. The van der Waals surface area contributed by atoms with Gasteiger partial charge in [0, 0.05) is 11.6 Å². The van der Waals surface area contributed by atoms with Crippen molar-refractivity contribution in [3.63, 3.8) is 0 Å². The second kappa shape index (κ2) is 8.73. The van der Waals surface area contributed by atoms with E-state index in [1.165, 1.54) is 0 Å². The average Bonchev–Trinajstić information content (AvgIpc) is 2.67. The van der Waals surface area contributed by atoms with Crippen LogP contribution >= 0.6 is 23.2 Å². The molecule has 0 spiro atoms. The van der Waals surface area contributed by atoms with Gasteiger partial charge in [0.05, 0.1) is 24.3 Å². The second-order valence-electron chi connectivity index (χ2n) is 5.86. The third-order valence-corrected chi connectivity index (χ3v) is 4.92. The van der Waals surface area contributed by atoms with Crippen molar-refractivity contribution in [1.82, 2.24) is 4.90 Å². The molecule has 0 aromatic heterocycles. The molecule has 1 aliphatic heterocycles. The zero-order valence-corrected chi connectivity index (χ0v) is 15.5. The number of hydrogen-bond acceptors (Lipinski definition) is 4. The van der Waals surface area contributed by atoms with Crippen LogP contribution in [0.25, 0.3) is 0 Å². The van der Waals surface area contributed by atoms with E-state index in [-0.39, 0.29) is 19.1 Å². The molecular formula is C19H19Cl2NO4. The molecule has 1 amide bonds. The molecule has 5 nitrogen and oxygen atoms in total. The Bertz CT molecular complexity index is 771. The molecule has 26 heavy (non-hydrogen) atoms. The topological polar surface area (TPSA) is 59.0 Å². The normalized spacial score (nSPS) is 20.0. The highest BCUT2D eigenvalue weighted by molar-refractivity contribution is 6.32. The highest BCUT2D eigenvalue weighted by atomic mass is 35.5. The highest BCUT2D eigenvalue weighted by Gasteiger charge is 2.37. The Hall–Kier alpha value is -1.79. The first-order chi connectivity index (χ1) is 12.6. The van der Waals surface area contributed by atoms with E-state index in [4.69, 9.17) is 32.7 Å². The number of ether oxygens (including phenoxy) is 2. The molecule has 0 aliphatic carbocycles. The molecule has 2 aromatic rings. The van der Waals surface area contributed by atoms with E-state index in [1.807, 2.05) is 18.2 Å². The van der Waals surface area contributed by atoms with Crippen LogP contribution in [0.4, 0.5) is 0 Å². The number of halogens is 2. The van der Waals surface area contributed by atoms with Crippen molar-refractivity contribution in [1.29, 1.82) is 0 Å². The number of aliphatic hydroxyl groups is 1. The van der Waals surface area contributed by atoms with Crippen molar-refractivity contribution in [2.45, 2.75) is 12.1 Å². The zero-order chi connectivity index (χ0) is 18.5. The summed E-state index contributed by atoms with van der Waals surface area (Å²) in [5, 5.41) is 10.7. The Balaban J connectivity index is 1.80. The summed E-state index contributed by atoms with van der Waals surface area (Å²) in [6.07, 6.45) is -0.548. The highest BCUT2D eigenvalue weighted by Crippen LogP contribution is 2.34. The fraction of sp³-hybridized carbons (Fsp3) is 0.316. The summed E-state index contributed by atoms with van der Waals surface area (Å²) in [7, 11) is 0. The molecule has 1 N–H and O–H groups in total. The number of carbonyl (C=O) groups is 1. The Labute approximate surface area is 162 Å². The first-order valence-electron chi connectivity index (χ1n) is 8.25. The van der Waals surface area contributed by atoms with Gasteiger partial charge in [-0.1, -0.05) is 53.5 Å². The van der Waals surface area contributed by atoms with Gasteiger partial charge in [-0.3, -0.25) is 4.79 Å². The van der Waals surface area contributed by atoms with Gasteiger partial charge in [-0.25, -0.2) is 0 Å². The number of amides is 1. The molecule has 7 heteroatoms. The standard InChI is InChI=1S/C19H19Cl2NO4/c20-14-6-2-1-5-13(14)19-17(11-23)25-10-9-22(19)18(24)12-26-16-8-4-3-7-15(16)21/h1-8,17,19,23H,9-12H2/t17-,19-/m0/s1. The maximum Gasteiger partial charge on any atom is 0.261 e. The number of carbonyl (C=O) groups excluding carboxylic acids is 1. The van der Waals surface area contributed by atoms with Crippen LogP contribution in [0.1, 0.15) is 11.6 Å². The molecule has 2 atom stereocenters. The van der Waals surface area contributed by atoms with Crippen molar-refractivity contribution < 1.29 is 19.4 Å². The second-order valence-corrected chi connectivity index (χ2v) is 6.68. The van der Waals surface area contributed by atoms with Gasteiger partial charge in [-0.2, -0.15) is 0 Å². The van der Waals surface area contributed by atoms with Crippen LogP contribution in [0.2, 0.25) is 10.0 Å². The SMILES string of the molecule is O=C(COc1ccccc1Cl)N1CCO[C@@H](CO)[C@@H]1c1ccccc1Cl. The van der Waals surface area contributed by atoms with E-state index >= 15 is 0 Å². The van der Waals surface area contributed by atoms with E-state index in [1.54, 1.807) is 35.2 Å². The van der Waals surface area contributed by atoms with Gasteiger partial charge in [0.1, 0.15) is 11.9 Å². The zero-order valence-electron chi connectivity index (χ0n) is 14.0. The molecule has 0 radical (unpaired) electrons. The molecule has 138 valence electrons. The lowest BCUT2D eigenvalue weighted by Gasteiger charge is -2.41. The molecule has 0 unspecified atom stereocenters. The largest absolute Gasteiger partial charge is 0.482 e. The van der Waals surface area contributed by atoms with Crippen molar-refractivity contribution in [2.24, 2.45) is 0 Å². The van der Waals surface area contributed by atoms with E-state index in [0.717, 1.165) is 5.56 Å². The summed E-state index contributed by atoms with van der Waals surface area (Å²) < 4.78 is 11.2. The summed E-state index contributed by atoms with van der Waals surface area (Å²) in [6, 6.07) is 13.7. The molecule has 0 saturated carbocycles. The monoisotopic (exact) mass is 395 g/mol. The van der Waals surface area contributed by atoms with Crippen LogP contribution in [-0.2, 0) is 9.53 Å². The number of benzene rings is 2. The van der Waals surface area contributed by atoms with Gasteiger partial charge < -0.3 is 19.5 Å². The number of rotatable bonds is 5. The van der Waals surface area contributed by atoms with Gasteiger partial charge in [0.15, 0.2) is 6.61 Å². The summed E-state index contributed by atoms with van der Waals surface area (Å²) in [5.41, 5.74) is 0.735. The summed E-state index contributed by atoms with van der Waals surface area (Å²) in [4.78, 5) is 14.5. The van der Waals surface area contributed by atoms with Crippen LogP contribution in [0.3, 0.4) is 0 Å². The number of nitrogens with zero attached hydrogens (tertiary/aromatic N) is 1. The lowest BCUT2D eigenvalue weighted by atomic mass is 9.98. The van der Waals surface area contributed by atoms with E-state index in [9.17, 15) is 9.90 Å². The minimum absolute atomic E-state index is 0.164.